The van der Waals surface area contributed by atoms with Crippen molar-refractivity contribution < 1.29 is 8.42 Å². The molecule has 0 amide bonds. The molecule has 0 fully saturated rings. The smallest absolute Gasteiger partial charge is 0.211 e. The summed E-state index contributed by atoms with van der Waals surface area (Å²) in [5, 5.41) is 6.43. The van der Waals surface area contributed by atoms with Crippen molar-refractivity contribution in [1.29, 1.82) is 0 Å². The highest BCUT2D eigenvalue weighted by Crippen LogP contribution is 2.22. The number of hydrogen-bond acceptors (Lipinski definition) is 4. The Morgan fingerprint density at radius 1 is 1.40 bits per heavy atom. The van der Waals surface area contributed by atoms with Gasteiger partial charge in [-0.3, -0.25) is 4.68 Å². The summed E-state index contributed by atoms with van der Waals surface area (Å²) in [5.41, 5.74) is 0.921. The molecule has 0 saturated heterocycles. The Morgan fingerprint density at radius 2 is 2.20 bits per heavy atom. The minimum atomic E-state index is -3.18. The number of thiophene rings is 1. The van der Waals surface area contributed by atoms with E-state index in [0.29, 0.717) is 13.1 Å². The summed E-state index contributed by atoms with van der Waals surface area (Å²) < 4.78 is 27.7. The van der Waals surface area contributed by atoms with Crippen molar-refractivity contribution in [3.05, 3.63) is 29.8 Å². The Labute approximate surface area is 123 Å². The average molecular weight is 313 g/mol. The molecule has 1 N–H and O–H groups in total. The van der Waals surface area contributed by atoms with Crippen LogP contribution in [0.25, 0.3) is 10.6 Å². The third kappa shape index (κ3) is 4.43. The molecule has 20 heavy (non-hydrogen) atoms. The summed E-state index contributed by atoms with van der Waals surface area (Å²) >= 11 is 1.64. The van der Waals surface area contributed by atoms with E-state index in [4.69, 9.17) is 0 Å². The minimum absolute atomic E-state index is 0.127. The van der Waals surface area contributed by atoms with E-state index in [0.717, 1.165) is 10.6 Å². The van der Waals surface area contributed by atoms with Gasteiger partial charge in [0.2, 0.25) is 10.0 Å². The second-order valence-corrected chi connectivity index (χ2v) is 7.81. The SMILES string of the molecule is CC(C)CS(=O)(=O)NCCn1ccc(-c2cccs2)n1. The van der Waals surface area contributed by atoms with Gasteiger partial charge >= 0.3 is 0 Å². The first-order chi connectivity index (χ1) is 9.46. The molecule has 0 spiro atoms. The number of aromatic nitrogens is 2. The van der Waals surface area contributed by atoms with Gasteiger partial charge in [0.15, 0.2) is 0 Å². The standard InChI is InChI=1S/C13H19N3O2S2/c1-11(2)10-20(17,18)14-6-8-16-7-5-12(15-16)13-4-3-9-19-13/h3-5,7,9,11,14H,6,8,10H2,1-2H3. The average Bonchev–Trinajstić information content (AvgIpc) is 2.96. The Morgan fingerprint density at radius 3 is 2.85 bits per heavy atom. The fraction of sp³-hybridized carbons (Fsp3) is 0.462. The minimum Gasteiger partial charge on any atom is -0.271 e. The van der Waals surface area contributed by atoms with Crippen molar-refractivity contribution in [3.8, 4) is 10.6 Å². The number of hydrogen-bond donors (Lipinski definition) is 1. The molecule has 2 rings (SSSR count). The number of sulfonamides is 1. The van der Waals surface area contributed by atoms with Crippen LogP contribution in [-0.2, 0) is 16.6 Å². The van der Waals surface area contributed by atoms with Crippen LogP contribution in [0.5, 0.6) is 0 Å². The summed E-state index contributed by atoms with van der Waals surface area (Å²) in [5.74, 6) is 0.287. The van der Waals surface area contributed by atoms with Gasteiger partial charge < -0.3 is 0 Å². The highest BCUT2D eigenvalue weighted by atomic mass is 32.2. The molecule has 0 unspecified atom stereocenters. The summed E-state index contributed by atoms with van der Waals surface area (Å²) in [4.78, 5) is 1.11. The van der Waals surface area contributed by atoms with Crippen LogP contribution in [0.15, 0.2) is 29.8 Å². The van der Waals surface area contributed by atoms with E-state index < -0.39 is 10.0 Å². The molecule has 0 radical (unpaired) electrons. The molecule has 2 aromatic heterocycles. The lowest BCUT2D eigenvalue weighted by atomic mass is 10.3. The zero-order valence-electron chi connectivity index (χ0n) is 11.6. The molecule has 0 aliphatic rings. The van der Waals surface area contributed by atoms with Crippen molar-refractivity contribution in [1.82, 2.24) is 14.5 Å². The first-order valence-electron chi connectivity index (χ1n) is 6.51. The number of nitrogens with one attached hydrogen (secondary N) is 1. The molecule has 0 atom stereocenters. The lowest BCUT2D eigenvalue weighted by molar-refractivity contribution is 0.552. The van der Waals surface area contributed by atoms with Gasteiger partial charge in [-0.05, 0) is 23.4 Å². The lowest BCUT2D eigenvalue weighted by Crippen LogP contribution is -2.31. The highest BCUT2D eigenvalue weighted by Gasteiger charge is 2.12. The molecule has 2 heterocycles. The van der Waals surface area contributed by atoms with Gasteiger partial charge in [-0.2, -0.15) is 5.10 Å². The lowest BCUT2D eigenvalue weighted by Gasteiger charge is -2.08. The van der Waals surface area contributed by atoms with Crippen molar-refractivity contribution in [2.75, 3.05) is 12.3 Å². The molecule has 0 aromatic carbocycles. The predicted octanol–water partition coefficient (Wildman–Crippen LogP) is 2.19. The maximum Gasteiger partial charge on any atom is 0.211 e. The molecule has 7 heteroatoms. The van der Waals surface area contributed by atoms with Crippen molar-refractivity contribution in [2.24, 2.45) is 5.92 Å². The van der Waals surface area contributed by atoms with Gasteiger partial charge in [0.25, 0.3) is 0 Å². The van der Waals surface area contributed by atoms with Crippen molar-refractivity contribution >= 4 is 21.4 Å². The van der Waals surface area contributed by atoms with Crippen LogP contribution in [0.3, 0.4) is 0 Å². The predicted molar refractivity (Wildman–Crippen MR) is 82.2 cm³/mol. The van der Waals surface area contributed by atoms with E-state index >= 15 is 0 Å². The quantitative estimate of drug-likeness (QED) is 0.852. The van der Waals surface area contributed by atoms with Gasteiger partial charge in [-0.15, -0.1) is 11.3 Å². The Balaban J connectivity index is 1.86. The molecule has 0 bridgehead atoms. The molecule has 0 aliphatic carbocycles. The first kappa shape index (κ1) is 15.2. The van der Waals surface area contributed by atoms with Gasteiger partial charge in [-0.1, -0.05) is 19.9 Å². The number of rotatable bonds is 7. The van der Waals surface area contributed by atoms with Crippen molar-refractivity contribution in [3.63, 3.8) is 0 Å². The zero-order chi connectivity index (χ0) is 14.6. The van der Waals surface area contributed by atoms with E-state index in [1.54, 1.807) is 16.0 Å². The van der Waals surface area contributed by atoms with E-state index in [1.807, 2.05) is 43.6 Å². The fourth-order valence-electron chi connectivity index (χ4n) is 1.86. The topological polar surface area (TPSA) is 64.0 Å². The third-order valence-electron chi connectivity index (χ3n) is 2.63. The van der Waals surface area contributed by atoms with E-state index in [1.165, 1.54) is 0 Å². The summed E-state index contributed by atoms with van der Waals surface area (Å²) in [6.45, 7) is 4.67. The van der Waals surface area contributed by atoms with Gasteiger partial charge in [-0.25, -0.2) is 13.1 Å². The summed E-state index contributed by atoms with van der Waals surface area (Å²) in [6.07, 6.45) is 1.87. The van der Waals surface area contributed by atoms with Gasteiger partial charge in [0.1, 0.15) is 5.69 Å². The molecule has 0 saturated carbocycles. The molecule has 2 aromatic rings. The van der Waals surface area contributed by atoms with E-state index in [-0.39, 0.29) is 11.7 Å². The highest BCUT2D eigenvalue weighted by molar-refractivity contribution is 7.89. The third-order valence-corrected chi connectivity index (χ3v) is 5.27. The van der Waals surface area contributed by atoms with E-state index in [2.05, 4.69) is 9.82 Å². The fourth-order valence-corrected chi connectivity index (χ4v) is 3.94. The van der Waals surface area contributed by atoms with Crippen LogP contribution in [0.1, 0.15) is 13.8 Å². The monoisotopic (exact) mass is 313 g/mol. The van der Waals surface area contributed by atoms with Crippen LogP contribution in [0, 0.1) is 5.92 Å². The Hall–Kier alpha value is -1.18. The molecular formula is C13H19N3O2S2. The molecule has 0 aliphatic heterocycles. The first-order valence-corrected chi connectivity index (χ1v) is 9.04. The van der Waals surface area contributed by atoms with Crippen molar-refractivity contribution in [2.45, 2.75) is 20.4 Å². The van der Waals surface area contributed by atoms with Crippen LogP contribution < -0.4 is 4.72 Å². The maximum atomic E-state index is 11.7. The zero-order valence-corrected chi connectivity index (χ0v) is 13.2. The number of nitrogens with zero attached hydrogens (tertiary/aromatic N) is 2. The van der Waals surface area contributed by atoms with Gasteiger partial charge in [0.05, 0.1) is 17.2 Å². The molecule has 110 valence electrons. The summed E-state index contributed by atoms with van der Waals surface area (Å²) in [7, 11) is -3.18. The van der Waals surface area contributed by atoms with Crippen LogP contribution in [0.2, 0.25) is 0 Å². The molecule has 5 nitrogen and oxygen atoms in total. The second-order valence-electron chi connectivity index (χ2n) is 5.01. The van der Waals surface area contributed by atoms with Crippen LogP contribution in [-0.4, -0.2) is 30.5 Å². The van der Waals surface area contributed by atoms with E-state index in [9.17, 15) is 8.42 Å². The normalized spacial score (nSPS) is 12.2. The summed E-state index contributed by atoms with van der Waals surface area (Å²) in [6, 6.07) is 5.94. The van der Waals surface area contributed by atoms with Crippen LogP contribution in [0.4, 0.5) is 0 Å². The largest absolute Gasteiger partial charge is 0.271 e. The van der Waals surface area contributed by atoms with Crippen LogP contribution >= 0.6 is 11.3 Å². The van der Waals surface area contributed by atoms with Gasteiger partial charge in [0, 0.05) is 12.7 Å². The molecular weight excluding hydrogens is 294 g/mol. The second kappa shape index (κ2) is 6.51. The maximum absolute atomic E-state index is 11.7. The Kier molecular flexibility index (Phi) is 4.95. The Bertz CT molecular complexity index is 630.